The minimum atomic E-state index is -0.842. The molecule has 0 spiro atoms. The van der Waals surface area contributed by atoms with E-state index in [1.807, 2.05) is 0 Å². The van der Waals surface area contributed by atoms with Gasteiger partial charge in [-0.25, -0.2) is 9.59 Å². The Bertz CT molecular complexity index is 548. The van der Waals surface area contributed by atoms with Gasteiger partial charge >= 0.3 is 17.9 Å². The van der Waals surface area contributed by atoms with Crippen molar-refractivity contribution >= 4 is 53.2 Å². The molecule has 2 unspecified atom stereocenters. The van der Waals surface area contributed by atoms with Gasteiger partial charge in [0, 0.05) is 38.7 Å². The molecule has 12 heteroatoms. The summed E-state index contributed by atoms with van der Waals surface area (Å²) in [6, 6.07) is -1.68. The van der Waals surface area contributed by atoms with Crippen LogP contribution in [0.4, 0.5) is 0 Å². The summed E-state index contributed by atoms with van der Waals surface area (Å²) >= 11 is 2.68. The molecular formula is C17H28N2O8S2. The Morgan fingerprint density at radius 1 is 0.793 bits per heavy atom. The van der Waals surface area contributed by atoms with E-state index in [9.17, 15) is 24.0 Å². The van der Waals surface area contributed by atoms with Crippen LogP contribution in [0.3, 0.4) is 0 Å². The van der Waals surface area contributed by atoms with Crippen molar-refractivity contribution in [3.8, 4) is 0 Å². The predicted molar refractivity (Wildman–Crippen MR) is 109 cm³/mol. The quantitative estimate of drug-likeness (QED) is 0.225. The van der Waals surface area contributed by atoms with Gasteiger partial charge in [-0.15, -0.1) is 23.5 Å². The molecule has 0 saturated heterocycles. The topological polar surface area (TPSA) is 137 Å². The second kappa shape index (κ2) is 15.0. The fourth-order valence-corrected chi connectivity index (χ4v) is 4.67. The number of thioether (sulfide) groups is 2. The highest BCUT2D eigenvalue weighted by molar-refractivity contribution is 8.17. The lowest BCUT2D eigenvalue weighted by molar-refractivity contribution is -0.144. The normalized spacial score (nSPS) is 13.4. The van der Waals surface area contributed by atoms with Gasteiger partial charge in [0.05, 0.1) is 25.4 Å². The average Bonchev–Trinajstić information content (AvgIpc) is 2.65. The number of rotatable bonds is 13. The number of amides is 2. The summed E-state index contributed by atoms with van der Waals surface area (Å²) in [5.41, 5.74) is 0. The highest BCUT2D eigenvalue weighted by Gasteiger charge is 2.25. The highest BCUT2D eigenvalue weighted by atomic mass is 32.2. The molecule has 2 atom stereocenters. The van der Waals surface area contributed by atoms with Gasteiger partial charge in [-0.2, -0.15) is 0 Å². The van der Waals surface area contributed by atoms with Crippen LogP contribution in [-0.2, 0) is 38.2 Å². The summed E-state index contributed by atoms with van der Waals surface area (Å²) in [5.74, 6) is -1.90. The number of nitrogens with one attached hydrogen (secondary N) is 2. The van der Waals surface area contributed by atoms with Gasteiger partial charge in [0.15, 0.2) is 0 Å². The molecule has 2 N–H and O–H groups in total. The predicted octanol–water partition coefficient (Wildman–Crippen LogP) is 0.0875. The van der Waals surface area contributed by atoms with E-state index in [0.717, 1.165) is 0 Å². The lowest BCUT2D eigenvalue weighted by Crippen LogP contribution is -2.43. The number of ether oxygens (including phenoxy) is 3. The second-order valence-corrected chi connectivity index (χ2v) is 8.55. The van der Waals surface area contributed by atoms with Crippen LogP contribution in [0.5, 0.6) is 0 Å². The monoisotopic (exact) mass is 452 g/mol. The highest BCUT2D eigenvalue weighted by Crippen LogP contribution is 2.28. The maximum Gasteiger partial charge on any atom is 0.329 e. The first kappa shape index (κ1) is 27.0. The summed E-state index contributed by atoms with van der Waals surface area (Å²) in [7, 11) is 2.45. The Kier molecular flexibility index (Phi) is 14.0. The zero-order valence-corrected chi connectivity index (χ0v) is 18.8. The number of esters is 3. The molecule has 0 saturated carbocycles. The number of carbonyl (C=O) groups excluding carboxylic acids is 5. The summed E-state index contributed by atoms with van der Waals surface area (Å²) < 4.78 is 14.2. The number of hydrogen-bond donors (Lipinski definition) is 2. The third-order valence-corrected chi connectivity index (χ3v) is 6.37. The van der Waals surface area contributed by atoms with Crippen LogP contribution in [0.2, 0.25) is 0 Å². The molecule has 0 aromatic carbocycles. The summed E-state index contributed by atoms with van der Waals surface area (Å²) in [4.78, 5) is 57.3. The molecule has 0 aliphatic carbocycles. The van der Waals surface area contributed by atoms with E-state index in [4.69, 9.17) is 14.2 Å². The maximum atomic E-state index is 11.8. The number of hydrogen-bond acceptors (Lipinski definition) is 10. The second-order valence-electron chi connectivity index (χ2n) is 5.78. The van der Waals surface area contributed by atoms with E-state index in [1.165, 1.54) is 58.5 Å². The zero-order chi connectivity index (χ0) is 22.4. The molecule has 0 radical (unpaired) electrons. The Balaban J connectivity index is 5.02. The van der Waals surface area contributed by atoms with Crippen molar-refractivity contribution in [2.24, 2.45) is 0 Å². The molecule has 0 heterocycles. The zero-order valence-electron chi connectivity index (χ0n) is 17.1. The molecule has 29 heavy (non-hydrogen) atoms. The van der Waals surface area contributed by atoms with Crippen LogP contribution in [0.15, 0.2) is 0 Å². The van der Waals surface area contributed by atoms with Crippen molar-refractivity contribution in [3.05, 3.63) is 0 Å². The number of carbonyl (C=O) groups is 5. The SMILES string of the molecule is COC(=O)C(CSC(CCOC(C)=O)SCC(NC(C)=O)C(=O)OC)NC(C)=O. The van der Waals surface area contributed by atoms with Crippen LogP contribution in [0, 0.1) is 0 Å². The molecular weight excluding hydrogens is 424 g/mol. The Labute approximate surface area is 178 Å². The summed E-state index contributed by atoms with van der Waals surface area (Å²) in [5, 5.41) is 5.04. The van der Waals surface area contributed by atoms with E-state index in [-0.39, 0.29) is 34.5 Å². The van der Waals surface area contributed by atoms with E-state index in [0.29, 0.717) is 6.42 Å². The van der Waals surface area contributed by atoms with Gasteiger partial charge in [-0.3, -0.25) is 14.4 Å². The molecule has 0 aliphatic rings. The van der Waals surface area contributed by atoms with Crippen molar-refractivity contribution in [3.63, 3.8) is 0 Å². The van der Waals surface area contributed by atoms with Gasteiger partial charge in [0.2, 0.25) is 11.8 Å². The fraction of sp³-hybridized carbons (Fsp3) is 0.706. The molecule has 0 rings (SSSR count). The summed E-state index contributed by atoms with van der Waals surface area (Å²) in [6.07, 6.45) is 0.427. The van der Waals surface area contributed by atoms with E-state index in [2.05, 4.69) is 10.6 Å². The third kappa shape index (κ3) is 13.0. The van der Waals surface area contributed by atoms with E-state index < -0.39 is 30.0 Å². The molecule has 0 fully saturated rings. The smallest absolute Gasteiger partial charge is 0.329 e. The molecule has 2 amide bonds. The standard InChI is InChI=1S/C17H28N2O8S2/c1-10(20)18-13(16(23)25-4)8-28-15(6-7-27-12(3)22)29-9-14(17(24)26-5)19-11(2)21/h13-15H,6-9H2,1-5H3,(H,18,20)(H,19,21). The fourth-order valence-electron chi connectivity index (χ4n) is 2.03. The first-order chi connectivity index (χ1) is 13.6. The van der Waals surface area contributed by atoms with Crippen molar-refractivity contribution < 1.29 is 38.2 Å². The van der Waals surface area contributed by atoms with Crippen LogP contribution in [-0.4, -0.2) is 78.7 Å². The van der Waals surface area contributed by atoms with E-state index >= 15 is 0 Å². The van der Waals surface area contributed by atoms with Crippen LogP contribution >= 0.6 is 23.5 Å². The Hall–Kier alpha value is -1.95. The Morgan fingerprint density at radius 3 is 1.52 bits per heavy atom. The van der Waals surface area contributed by atoms with Gasteiger partial charge in [0.1, 0.15) is 12.1 Å². The molecule has 0 aromatic rings. The molecule has 0 aliphatic heterocycles. The molecule has 0 aromatic heterocycles. The lowest BCUT2D eigenvalue weighted by atomic mass is 10.3. The lowest BCUT2D eigenvalue weighted by Gasteiger charge is -2.22. The molecule has 0 bridgehead atoms. The van der Waals surface area contributed by atoms with Gasteiger partial charge in [-0.1, -0.05) is 0 Å². The minimum Gasteiger partial charge on any atom is -0.467 e. The van der Waals surface area contributed by atoms with Gasteiger partial charge < -0.3 is 24.8 Å². The minimum absolute atomic E-state index is 0.145. The first-order valence-corrected chi connectivity index (χ1v) is 10.8. The number of methoxy groups -OCH3 is 2. The average molecular weight is 453 g/mol. The van der Waals surface area contributed by atoms with Crippen LogP contribution in [0.25, 0.3) is 0 Å². The first-order valence-electron chi connectivity index (χ1n) is 8.67. The van der Waals surface area contributed by atoms with Crippen molar-refractivity contribution in [1.29, 1.82) is 0 Å². The maximum absolute atomic E-state index is 11.8. The van der Waals surface area contributed by atoms with Crippen LogP contribution in [0.1, 0.15) is 27.2 Å². The largest absolute Gasteiger partial charge is 0.467 e. The molecule has 10 nitrogen and oxygen atoms in total. The third-order valence-electron chi connectivity index (χ3n) is 3.28. The van der Waals surface area contributed by atoms with Crippen LogP contribution < -0.4 is 10.6 Å². The summed E-state index contributed by atoms with van der Waals surface area (Å²) in [6.45, 7) is 4.03. The van der Waals surface area contributed by atoms with Crippen molar-refractivity contribution in [1.82, 2.24) is 10.6 Å². The molecule has 166 valence electrons. The van der Waals surface area contributed by atoms with E-state index in [1.54, 1.807) is 0 Å². The van der Waals surface area contributed by atoms with Gasteiger partial charge in [-0.05, 0) is 0 Å². The Morgan fingerprint density at radius 2 is 1.21 bits per heavy atom. The van der Waals surface area contributed by atoms with Gasteiger partial charge in [0.25, 0.3) is 0 Å². The van der Waals surface area contributed by atoms with Crippen molar-refractivity contribution in [2.75, 3.05) is 32.3 Å². The van der Waals surface area contributed by atoms with Crippen molar-refractivity contribution in [2.45, 2.75) is 43.9 Å².